The molecule has 20 heavy (non-hydrogen) atoms. The molecule has 0 saturated carbocycles. The summed E-state index contributed by atoms with van der Waals surface area (Å²) < 4.78 is 5.70. The van der Waals surface area contributed by atoms with Crippen LogP contribution in [0.4, 0.5) is 0 Å². The molecule has 2 nitrogen and oxygen atoms in total. The molecule has 2 aromatic rings. The summed E-state index contributed by atoms with van der Waals surface area (Å²) in [4.78, 5) is 0. The van der Waals surface area contributed by atoms with Crippen LogP contribution in [0.15, 0.2) is 48.5 Å². The Bertz CT molecular complexity index is 614. The van der Waals surface area contributed by atoms with Gasteiger partial charge in [0.2, 0.25) is 0 Å². The number of hydrogen-bond donors (Lipinski definition) is 1. The van der Waals surface area contributed by atoms with Gasteiger partial charge >= 0.3 is 0 Å². The number of hydrogen-bond acceptors (Lipinski definition) is 2. The van der Waals surface area contributed by atoms with E-state index in [0.29, 0.717) is 23.9 Å². The zero-order valence-electron chi connectivity index (χ0n) is 11.3. The van der Waals surface area contributed by atoms with E-state index in [1.807, 2.05) is 55.6 Å². The van der Waals surface area contributed by atoms with Crippen LogP contribution in [0.3, 0.4) is 0 Å². The third-order valence-corrected chi connectivity index (χ3v) is 3.01. The van der Waals surface area contributed by atoms with Gasteiger partial charge in [-0.3, -0.25) is 0 Å². The minimum Gasteiger partial charge on any atom is -0.479 e. The molecule has 0 saturated heterocycles. The third kappa shape index (κ3) is 4.03. The van der Waals surface area contributed by atoms with Gasteiger partial charge in [0.05, 0.1) is 5.02 Å². The molecule has 0 spiro atoms. The Morgan fingerprint density at radius 2 is 1.90 bits per heavy atom. The van der Waals surface area contributed by atoms with E-state index in [2.05, 4.69) is 17.2 Å². The summed E-state index contributed by atoms with van der Waals surface area (Å²) in [6, 6.07) is 15.5. The van der Waals surface area contributed by atoms with E-state index >= 15 is 0 Å². The normalized spacial score (nSPS) is 9.70. The number of rotatable bonds is 4. The van der Waals surface area contributed by atoms with Crippen molar-refractivity contribution in [3.05, 3.63) is 64.7 Å². The maximum absolute atomic E-state index is 6.16. The second-order valence-electron chi connectivity index (χ2n) is 4.21. The summed E-state index contributed by atoms with van der Waals surface area (Å²) in [5.41, 5.74) is 2.01. The van der Waals surface area contributed by atoms with Crippen LogP contribution in [0.2, 0.25) is 5.02 Å². The van der Waals surface area contributed by atoms with Crippen LogP contribution in [0.1, 0.15) is 11.1 Å². The molecule has 0 radical (unpaired) electrons. The summed E-state index contributed by atoms with van der Waals surface area (Å²) in [6.45, 7) is 1.03. The van der Waals surface area contributed by atoms with Gasteiger partial charge in [0.25, 0.3) is 0 Å². The van der Waals surface area contributed by atoms with E-state index in [-0.39, 0.29) is 0 Å². The van der Waals surface area contributed by atoms with Crippen LogP contribution in [0, 0.1) is 11.8 Å². The van der Waals surface area contributed by atoms with Gasteiger partial charge in [-0.25, -0.2) is 0 Å². The molecule has 1 N–H and O–H groups in total. The SMILES string of the molecule is CNCc1cccc(Cl)c1OCC#Cc1ccccc1. The Balaban J connectivity index is 2.03. The lowest BCUT2D eigenvalue weighted by Gasteiger charge is -2.10. The minimum absolute atomic E-state index is 0.315. The fourth-order valence-electron chi connectivity index (χ4n) is 1.81. The second-order valence-corrected chi connectivity index (χ2v) is 4.62. The summed E-state index contributed by atoms with van der Waals surface area (Å²) >= 11 is 6.16. The highest BCUT2D eigenvalue weighted by Crippen LogP contribution is 2.28. The fourth-order valence-corrected chi connectivity index (χ4v) is 2.06. The summed E-state index contributed by atoms with van der Waals surface area (Å²) in [7, 11) is 1.89. The van der Waals surface area contributed by atoms with Crippen LogP contribution in [0.5, 0.6) is 5.75 Å². The molecule has 0 aliphatic rings. The van der Waals surface area contributed by atoms with E-state index in [0.717, 1.165) is 11.1 Å². The molecule has 2 aromatic carbocycles. The van der Waals surface area contributed by atoms with Gasteiger partial charge in [0.1, 0.15) is 12.4 Å². The van der Waals surface area contributed by atoms with E-state index in [1.54, 1.807) is 0 Å². The Morgan fingerprint density at radius 1 is 1.10 bits per heavy atom. The van der Waals surface area contributed by atoms with Crippen LogP contribution in [0.25, 0.3) is 0 Å². The van der Waals surface area contributed by atoms with Crippen molar-refractivity contribution in [3.8, 4) is 17.6 Å². The number of para-hydroxylation sites is 1. The standard InChI is InChI=1S/C17H16ClNO/c1-19-13-15-10-5-11-16(18)17(15)20-12-6-9-14-7-3-2-4-8-14/h2-5,7-8,10-11,19H,12-13H2,1H3. The first-order chi connectivity index (χ1) is 9.81. The van der Waals surface area contributed by atoms with Gasteiger partial charge in [0.15, 0.2) is 0 Å². The maximum Gasteiger partial charge on any atom is 0.149 e. The maximum atomic E-state index is 6.16. The zero-order valence-corrected chi connectivity index (χ0v) is 12.1. The first-order valence-electron chi connectivity index (χ1n) is 6.40. The molecule has 3 heteroatoms. The van der Waals surface area contributed by atoms with Crippen LogP contribution >= 0.6 is 11.6 Å². The number of nitrogens with one attached hydrogen (secondary N) is 1. The Labute approximate surface area is 124 Å². The topological polar surface area (TPSA) is 21.3 Å². The van der Waals surface area contributed by atoms with E-state index in [9.17, 15) is 0 Å². The molecule has 0 heterocycles. The molecule has 0 aliphatic carbocycles. The van der Waals surface area contributed by atoms with Crippen molar-refractivity contribution in [1.82, 2.24) is 5.32 Å². The number of halogens is 1. The highest BCUT2D eigenvalue weighted by atomic mass is 35.5. The quantitative estimate of drug-likeness (QED) is 0.868. The Kier molecular flexibility index (Phi) is 5.49. The first-order valence-corrected chi connectivity index (χ1v) is 6.78. The van der Waals surface area contributed by atoms with Crippen molar-refractivity contribution >= 4 is 11.6 Å². The van der Waals surface area contributed by atoms with Gasteiger partial charge in [-0.2, -0.15) is 0 Å². The largest absolute Gasteiger partial charge is 0.479 e. The van der Waals surface area contributed by atoms with Crippen molar-refractivity contribution in [3.63, 3.8) is 0 Å². The van der Waals surface area contributed by atoms with Crippen LogP contribution in [-0.4, -0.2) is 13.7 Å². The molecule has 0 aromatic heterocycles. The van der Waals surface area contributed by atoms with Crippen LogP contribution in [-0.2, 0) is 6.54 Å². The van der Waals surface area contributed by atoms with Crippen molar-refractivity contribution < 1.29 is 4.74 Å². The van der Waals surface area contributed by atoms with Crippen molar-refractivity contribution in [1.29, 1.82) is 0 Å². The number of benzene rings is 2. The molecule has 0 unspecified atom stereocenters. The lowest BCUT2D eigenvalue weighted by molar-refractivity contribution is 0.365. The second kappa shape index (κ2) is 7.59. The first kappa shape index (κ1) is 14.5. The molecule has 0 amide bonds. The smallest absolute Gasteiger partial charge is 0.149 e. The average molecular weight is 286 g/mol. The highest BCUT2D eigenvalue weighted by molar-refractivity contribution is 6.32. The molecule has 0 aliphatic heterocycles. The molecule has 2 rings (SSSR count). The van der Waals surface area contributed by atoms with Crippen molar-refractivity contribution in [2.45, 2.75) is 6.54 Å². The van der Waals surface area contributed by atoms with E-state index < -0.39 is 0 Å². The molecule has 0 atom stereocenters. The van der Waals surface area contributed by atoms with Crippen LogP contribution < -0.4 is 10.1 Å². The van der Waals surface area contributed by atoms with Gasteiger partial charge in [-0.1, -0.05) is 53.8 Å². The Hall–Kier alpha value is -1.95. The Morgan fingerprint density at radius 3 is 2.65 bits per heavy atom. The summed E-state index contributed by atoms with van der Waals surface area (Å²) in [5, 5.41) is 3.70. The average Bonchev–Trinajstić information content (AvgIpc) is 2.47. The van der Waals surface area contributed by atoms with Gasteiger partial charge < -0.3 is 10.1 Å². The predicted octanol–water partition coefficient (Wildman–Crippen LogP) is 3.49. The lowest BCUT2D eigenvalue weighted by Crippen LogP contribution is -2.08. The van der Waals surface area contributed by atoms with Gasteiger partial charge in [0, 0.05) is 17.7 Å². The number of ether oxygens (including phenoxy) is 1. The zero-order chi connectivity index (χ0) is 14.2. The highest BCUT2D eigenvalue weighted by Gasteiger charge is 2.06. The molecular formula is C17H16ClNO. The third-order valence-electron chi connectivity index (χ3n) is 2.71. The van der Waals surface area contributed by atoms with Gasteiger partial charge in [-0.05, 0) is 25.2 Å². The van der Waals surface area contributed by atoms with Crippen molar-refractivity contribution in [2.24, 2.45) is 0 Å². The minimum atomic E-state index is 0.315. The van der Waals surface area contributed by atoms with E-state index in [4.69, 9.17) is 16.3 Å². The van der Waals surface area contributed by atoms with Gasteiger partial charge in [-0.15, -0.1) is 0 Å². The predicted molar refractivity (Wildman–Crippen MR) is 83.0 cm³/mol. The molecule has 102 valence electrons. The molecule has 0 fully saturated rings. The lowest BCUT2D eigenvalue weighted by atomic mass is 10.2. The monoisotopic (exact) mass is 285 g/mol. The summed E-state index contributed by atoms with van der Waals surface area (Å²) in [6.07, 6.45) is 0. The fraction of sp³-hybridized carbons (Fsp3) is 0.176. The van der Waals surface area contributed by atoms with E-state index in [1.165, 1.54) is 0 Å². The molecule has 0 bridgehead atoms. The van der Waals surface area contributed by atoms with Crippen molar-refractivity contribution in [2.75, 3.05) is 13.7 Å². The molecular weight excluding hydrogens is 270 g/mol. The summed E-state index contributed by atoms with van der Waals surface area (Å²) in [5.74, 6) is 6.75.